The highest BCUT2D eigenvalue weighted by Crippen LogP contribution is 2.39. The van der Waals surface area contributed by atoms with Crippen LogP contribution in [0, 0.1) is 0 Å². The third-order valence-electron chi connectivity index (χ3n) is 7.22. The van der Waals surface area contributed by atoms with Crippen molar-refractivity contribution in [2.75, 3.05) is 6.61 Å². The van der Waals surface area contributed by atoms with Crippen LogP contribution in [0.2, 0.25) is 23.2 Å². The fourth-order valence-corrected chi connectivity index (χ4v) is 9.72. The van der Waals surface area contributed by atoms with Crippen molar-refractivity contribution in [1.29, 1.82) is 0 Å². The Morgan fingerprint density at radius 1 is 0.886 bits per heavy atom. The minimum absolute atomic E-state index is 0.0712. The van der Waals surface area contributed by atoms with Gasteiger partial charge in [0.05, 0.1) is 12.7 Å². The van der Waals surface area contributed by atoms with Crippen LogP contribution in [0.1, 0.15) is 54.9 Å². The van der Waals surface area contributed by atoms with Crippen molar-refractivity contribution < 1.29 is 18.8 Å². The van der Waals surface area contributed by atoms with Crippen LogP contribution in [0.15, 0.2) is 72.3 Å². The molecule has 4 nitrogen and oxygen atoms in total. The van der Waals surface area contributed by atoms with Gasteiger partial charge in [0.2, 0.25) is 0 Å². The first-order valence-corrected chi connectivity index (χ1v) is 17.3. The molecular formula is C29H44O4Si2. The van der Waals surface area contributed by atoms with E-state index < -0.39 is 22.6 Å². The number of aliphatic carboxylic acids is 1. The predicted molar refractivity (Wildman–Crippen MR) is 152 cm³/mol. The molecule has 192 valence electrons. The van der Waals surface area contributed by atoms with E-state index in [1.165, 1.54) is 10.4 Å². The Morgan fingerprint density at radius 2 is 1.34 bits per heavy atom. The first kappa shape index (κ1) is 29.2. The van der Waals surface area contributed by atoms with E-state index in [-0.39, 0.29) is 16.2 Å². The Balaban J connectivity index is 2.62. The standard InChI is InChI=1S/C29H44O4Si2/c1-23(27(30)31)20-21-24(22-32-34(8,9)28(2,3)4)33-35(29(5,6)7,25-16-12-10-13-17-25)26-18-14-11-15-19-26/h10-20,24H,21-22H2,1-9H3,(H,30,31). The Bertz CT molecular complexity index is 947. The summed E-state index contributed by atoms with van der Waals surface area (Å²) >= 11 is 0. The molecule has 0 spiro atoms. The van der Waals surface area contributed by atoms with Gasteiger partial charge in [-0.15, -0.1) is 0 Å². The summed E-state index contributed by atoms with van der Waals surface area (Å²) in [6.45, 7) is 20.0. The van der Waals surface area contributed by atoms with Crippen LogP contribution in [0.3, 0.4) is 0 Å². The molecule has 0 aromatic heterocycles. The molecule has 0 amide bonds. The summed E-state index contributed by atoms with van der Waals surface area (Å²) in [7, 11) is -4.82. The van der Waals surface area contributed by atoms with Crippen molar-refractivity contribution >= 4 is 33.0 Å². The van der Waals surface area contributed by atoms with Crippen LogP contribution in [-0.4, -0.2) is 40.4 Å². The molecule has 1 N–H and O–H groups in total. The van der Waals surface area contributed by atoms with Crippen molar-refractivity contribution in [3.63, 3.8) is 0 Å². The number of carboxylic acids is 1. The van der Waals surface area contributed by atoms with Gasteiger partial charge in [-0.3, -0.25) is 0 Å². The molecule has 0 radical (unpaired) electrons. The predicted octanol–water partition coefficient (Wildman–Crippen LogP) is 6.37. The lowest BCUT2D eigenvalue weighted by Crippen LogP contribution is -2.68. The van der Waals surface area contributed by atoms with E-state index in [1.54, 1.807) is 13.0 Å². The Kier molecular flexibility index (Phi) is 9.50. The van der Waals surface area contributed by atoms with Crippen LogP contribution in [-0.2, 0) is 13.6 Å². The number of hydrogen-bond acceptors (Lipinski definition) is 3. The summed E-state index contributed by atoms with van der Waals surface area (Å²) in [4.78, 5) is 11.5. The van der Waals surface area contributed by atoms with Gasteiger partial charge in [-0.1, -0.05) is 108 Å². The molecule has 0 bridgehead atoms. The molecule has 0 saturated heterocycles. The zero-order valence-corrected chi connectivity index (χ0v) is 25.0. The fourth-order valence-electron chi connectivity index (χ4n) is 4.00. The molecule has 0 aliphatic carbocycles. The van der Waals surface area contributed by atoms with Crippen LogP contribution in [0.4, 0.5) is 0 Å². The number of rotatable bonds is 10. The second-order valence-corrected chi connectivity index (χ2v) is 21.0. The van der Waals surface area contributed by atoms with Gasteiger partial charge in [-0.05, 0) is 46.9 Å². The quantitative estimate of drug-likeness (QED) is 0.297. The lowest BCUT2D eigenvalue weighted by Gasteiger charge is -2.46. The molecule has 0 heterocycles. The van der Waals surface area contributed by atoms with E-state index in [2.05, 4.69) is 103 Å². The lowest BCUT2D eigenvalue weighted by molar-refractivity contribution is -0.132. The molecule has 1 atom stereocenters. The second kappa shape index (κ2) is 11.4. The van der Waals surface area contributed by atoms with Gasteiger partial charge in [0, 0.05) is 5.57 Å². The molecule has 1 unspecified atom stereocenters. The molecule has 0 fully saturated rings. The summed E-state index contributed by atoms with van der Waals surface area (Å²) in [5.41, 5.74) is 0.327. The van der Waals surface area contributed by atoms with E-state index >= 15 is 0 Å². The van der Waals surface area contributed by atoms with Gasteiger partial charge < -0.3 is 14.0 Å². The van der Waals surface area contributed by atoms with Crippen molar-refractivity contribution in [3.8, 4) is 0 Å². The Morgan fingerprint density at radius 3 is 1.71 bits per heavy atom. The number of carboxylic acid groups (broad SMARTS) is 1. The van der Waals surface area contributed by atoms with Crippen molar-refractivity contribution in [2.45, 2.75) is 84.2 Å². The summed E-state index contributed by atoms with van der Waals surface area (Å²) in [5, 5.41) is 11.8. The molecular weight excluding hydrogens is 468 g/mol. The minimum Gasteiger partial charge on any atom is -0.478 e. The van der Waals surface area contributed by atoms with Gasteiger partial charge in [0.15, 0.2) is 8.32 Å². The molecule has 0 aliphatic heterocycles. The second-order valence-electron chi connectivity index (χ2n) is 11.9. The van der Waals surface area contributed by atoms with Crippen molar-refractivity contribution in [3.05, 3.63) is 72.3 Å². The van der Waals surface area contributed by atoms with E-state index in [9.17, 15) is 9.90 Å². The van der Waals surface area contributed by atoms with Crippen molar-refractivity contribution in [1.82, 2.24) is 0 Å². The maximum Gasteiger partial charge on any atom is 0.330 e. The highest BCUT2D eigenvalue weighted by molar-refractivity contribution is 6.99. The first-order valence-electron chi connectivity index (χ1n) is 12.4. The lowest BCUT2D eigenvalue weighted by atomic mass is 10.2. The first-order chi connectivity index (χ1) is 16.1. The van der Waals surface area contributed by atoms with Crippen molar-refractivity contribution in [2.24, 2.45) is 0 Å². The highest BCUT2D eigenvalue weighted by Gasteiger charge is 2.51. The molecule has 6 heteroatoms. The zero-order valence-electron chi connectivity index (χ0n) is 23.0. The van der Waals surface area contributed by atoms with Gasteiger partial charge >= 0.3 is 5.97 Å². The summed E-state index contributed by atoms with van der Waals surface area (Å²) in [5.74, 6) is -0.903. The summed E-state index contributed by atoms with van der Waals surface area (Å²) in [6.07, 6.45) is 1.99. The Hall–Kier alpha value is -2.00. The van der Waals surface area contributed by atoms with E-state index in [0.29, 0.717) is 18.6 Å². The van der Waals surface area contributed by atoms with Crippen LogP contribution < -0.4 is 10.4 Å². The van der Waals surface area contributed by atoms with Crippen LogP contribution in [0.5, 0.6) is 0 Å². The smallest absolute Gasteiger partial charge is 0.330 e. The largest absolute Gasteiger partial charge is 0.478 e. The summed E-state index contributed by atoms with van der Waals surface area (Å²) in [6, 6.07) is 21.1. The summed E-state index contributed by atoms with van der Waals surface area (Å²) < 4.78 is 14.0. The maximum absolute atomic E-state index is 11.5. The average Bonchev–Trinajstić information content (AvgIpc) is 2.78. The monoisotopic (exact) mass is 512 g/mol. The third kappa shape index (κ3) is 7.03. The molecule has 0 aliphatic rings. The Labute approximate surface area is 214 Å². The van der Waals surface area contributed by atoms with E-state index in [1.807, 2.05) is 12.1 Å². The average molecular weight is 513 g/mol. The topological polar surface area (TPSA) is 55.8 Å². The van der Waals surface area contributed by atoms with Gasteiger partial charge in [-0.2, -0.15) is 0 Å². The normalized spacial score (nSPS) is 14.6. The SMILES string of the molecule is CC(=CCC(CO[Si](C)(C)C(C)(C)C)O[Si](c1ccccc1)(c1ccccc1)C(C)(C)C)C(=O)O. The number of carbonyl (C=O) groups is 1. The zero-order chi connectivity index (χ0) is 26.5. The van der Waals surface area contributed by atoms with Crippen LogP contribution in [0.25, 0.3) is 0 Å². The van der Waals surface area contributed by atoms with Crippen LogP contribution >= 0.6 is 0 Å². The van der Waals surface area contributed by atoms with E-state index in [0.717, 1.165) is 0 Å². The molecule has 2 aromatic carbocycles. The fraction of sp³-hybridized carbons (Fsp3) is 0.483. The van der Waals surface area contributed by atoms with Gasteiger partial charge in [-0.25, -0.2) is 4.79 Å². The number of hydrogen-bond donors (Lipinski definition) is 1. The molecule has 35 heavy (non-hydrogen) atoms. The van der Waals surface area contributed by atoms with E-state index in [4.69, 9.17) is 8.85 Å². The minimum atomic E-state index is -2.80. The van der Waals surface area contributed by atoms with Gasteiger partial charge in [0.25, 0.3) is 8.32 Å². The third-order valence-corrected chi connectivity index (χ3v) is 16.8. The highest BCUT2D eigenvalue weighted by atomic mass is 28.4. The maximum atomic E-state index is 11.5. The molecule has 0 saturated carbocycles. The molecule has 2 rings (SSSR count). The number of benzene rings is 2. The van der Waals surface area contributed by atoms with Gasteiger partial charge in [0.1, 0.15) is 0 Å². The molecule has 2 aromatic rings.